The largest absolute Gasteiger partial charge is 0.479 e. The summed E-state index contributed by atoms with van der Waals surface area (Å²) in [7, 11) is 0. The summed E-state index contributed by atoms with van der Waals surface area (Å²) in [6.07, 6.45) is 2.70. The van der Waals surface area contributed by atoms with Gasteiger partial charge in [-0.3, -0.25) is 4.79 Å². The third kappa shape index (κ3) is 3.91. The van der Waals surface area contributed by atoms with Gasteiger partial charge in [-0.15, -0.1) is 0 Å². The first-order valence-corrected chi connectivity index (χ1v) is 5.96. The summed E-state index contributed by atoms with van der Waals surface area (Å²) in [5.74, 6) is -0.401. The quantitative estimate of drug-likeness (QED) is 0.837. The van der Waals surface area contributed by atoms with Crippen molar-refractivity contribution in [2.45, 2.75) is 33.7 Å². The van der Waals surface area contributed by atoms with E-state index < -0.39 is 12.6 Å². The van der Waals surface area contributed by atoms with Crippen LogP contribution in [0.25, 0.3) is 0 Å². The fourth-order valence-corrected chi connectivity index (χ4v) is 1.60. The summed E-state index contributed by atoms with van der Waals surface area (Å²) < 4.78 is 6.96. The second-order valence-corrected chi connectivity index (χ2v) is 4.65. The van der Waals surface area contributed by atoms with Gasteiger partial charge in [-0.2, -0.15) is 0 Å². The standard InChI is InChI=1S/C13H19NO4/c1-9(2)4-6-14-7-5-11(15)13(10(14)3)18-8-12(16)17/h5,7,9H,4,6,8H2,1-3H3,(H,16,17). The summed E-state index contributed by atoms with van der Waals surface area (Å²) in [6.45, 7) is 6.30. The molecule has 1 N–H and O–H groups in total. The minimum Gasteiger partial charge on any atom is -0.479 e. The Balaban J connectivity index is 2.92. The lowest BCUT2D eigenvalue weighted by Crippen LogP contribution is -2.19. The molecule has 5 nitrogen and oxygen atoms in total. The van der Waals surface area contributed by atoms with Crippen molar-refractivity contribution in [3.63, 3.8) is 0 Å². The zero-order chi connectivity index (χ0) is 13.7. The lowest BCUT2D eigenvalue weighted by atomic mass is 10.1. The Bertz CT molecular complexity index is 476. The fraction of sp³-hybridized carbons (Fsp3) is 0.538. The number of pyridine rings is 1. The van der Waals surface area contributed by atoms with Gasteiger partial charge < -0.3 is 14.4 Å². The Labute approximate surface area is 106 Å². The van der Waals surface area contributed by atoms with Crippen molar-refractivity contribution in [2.24, 2.45) is 5.92 Å². The van der Waals surface area contributed by atoms with Crippen LogP contribution in [0.3, 0.4) is 0 Å². The molecule has 0 aromatic carbocycles. The van der Waals surface area contributed by atoms with Crippen LogP contribution in [0.15, 0.2) is 17.1 Å². The van der Waals surface area contributed by atoms with Crippen molar-refractivity contribution in [3.05, 3.63) is 28.2 Å². The van der Waals surface area contributed by atoms with E-state index in [1.807, 2.05) is 4.57 Å². The molecule has 0 amide bonds. The Morgan fingerprint density at radius 1 is 1.50 bits per heavy atom. The van der Waals surface area contributed by atoms with Gasteiger partial charge in [0.15, 0.2) is 12.4 Å². The number of nitrogens with zero attached hydrogens (tertiary/aromatic N) is 1. The highest BCUT2D eigenvalue weighted by molar-refractivity contribution is 5.68. The third-order valence-corrected chi connectivity index (χ3v) is 2.68. The molecular formula is C13H19NO4. The van der Waals surface area contributed by atoms with Gasteiger partial charge in [-0.25, -0.2) is 4.79 Å². The molecule has 0 atom stereocenters. The van der Waals surface area contributed by atoms with Crippen molar-refractivity contribution in [2.75, 3.05) is 6.61 Å². The van der Waals surface area contributed by atoms with Crippen LogP contribution in [0.5, 0.6) is 5.75 Å². The van der Waals surface area contributed by atoms with Crippen LogP contribution in [-0.4, -0.2) is 22.2 Å². The number of hydrogen-bond donors (Lipinski definition) is 1. The number of hydrogen-bond acceptors (Lipinski definition) is 3. The van der Waals surface area contributed by atoms with Crippen LogP contribution in [0.4, 0.5) is 0 Å². The fourth-order valence-electron chi connectivity index (χ4n) is 1.60. The van der Waals surface area contributed by atoms with E-state index in [0.717, 1.165) is 13.0 Å². The summed E-state index contributed by atoms with van der Waals surface area (Å²) in [4.78, 5) is 22.1. The van der Waals surface area contributed by atoms with Gasteiger partial charge >= 0.3 is 5.97 Å². The van der Waals surface area contributed by atoms with Gasteiger partial charge in [0.2, 0.25) is 5.43 Å². The number of carboxylic acid groups (broad SMARTS) is 1. The normalized spacial score (nSPS) is 10.7. The molecule has 1 rings (SSSR count). The lowest BCUT2D eigenvalue weighted by Gasteiger charge is -2.15. The SMILES string of the molecule is Cc1c(OCC(=O)O)c(=O)ccn1CCC(C)C. The zero-order valence-corrected chi connectivity index (χ0v) is 11.0. The summed E-state index contributed by atoms with van der Waals surface area (Å²) >= 11 is 0. The van der Waals surface area contributed by atoms with E-state index in [-0.39, 0.29) is 11.2 Å². The minimum absolute atomic E-state index is 0.128. The molecule has 0 bridgehead atoms. The molecule has 0 aliphatic carbocycles. The van der Waals surface area contributed by atoms with Crippen molar-refractivity contribution >= 4 is 5.97 Å². The van der Waals surface area contributed by atoms with E-state index in [1.54, 1.807) is 13.1 Å². The predicted molar refractivity (Wildman–Crippen MR) is 68.0 cm³/mol. The molecular weight excluding hydrogens is 234 g/mol. The van der Waals surface area contributed by atoms with E-state index >= 15 is 0 Å². The molecule has 0 unspecified atom stereocenters. The van der Waals surface area contributed by atoms with Crippen LogP contribution >= 0.6 is 0 Å². The Morgan fingerprint density at radius 2 is 2.17 bits per heavy atom. The highest BCUT2D eigenvalue weighted by Gasteiger charge is 2.10. The topological polar surface area (TPSA) is 68.5 Å². The second kappa shape index (κ2) is 6.23. The molecule has 0 aliphatic heterocycles. The average molecular weight is 253 g/mol. The van der Waals surface area contributed by atoms with E-state index in [2.05, 4.69) is 13.8 Å². The average Bonchev–Trinajstić information content (AvgIpc) is 2.27. The van der Waals surface area contributed by atoms with Gasteiger partial charge in [0.05, 0.1) is 5.69 Å². The molecule has 0 saturated carbocycles. The summed E-state index contributed by atoms with van der Waals surface area (Å²) in [6, 6.07) is 1.41. The van der Waals surface area contributed by atoms with Crippen LogP contribution in [0.2, 0.25) is 0 Å². The van der Waals surface area contributed by atoms with E-state index in [9.17, 15) is 9.59 Å². The van der Waals surface area contributed by atoms with Crippen molar-refractivity contribution in [1.82, 2.24) is 4.57 Å². The molecule has 0 saturated heterocycles. The molecule has 0 spiro atoms. The maximum absolute atomic E-state index is 11.6. The van der Waals surface area contributed by atoms with Crippen LogP contribution in [-0.2, 0) is 11.3 Å². The van der Waals surface area contributed by atoms with Gasteiger partial charge in [0, 0.05) is 18.8 Å². The highest BCUT2D eigenvalue weighted by atomic mass is 16.5. The summed E-state index contributed by atoms with van der Waals surface area (Å²) in [5, 5.41) is 8.57. The van der Waals surface area contributed by atoms with E-state index in [1.165, 1.54) is 6.07 Å². The first kappa shape index (κ1) is 14.3. The Kier molecular flexibility index (Phi) is 4.95. The molecule has 1 aromatic rings. The number of carbonyl (C=O) groups is 1. The number of rotatable bonds is 6. The first-order chi connectivity index (χ1) is 8.41. The Morgan fingerprint density at radius 3 is 2.72 bits per heavy atom. The second-order valence-electron chi connectivity index (χ2n) is 4.65. The van der Waals surface area contributed by atoms with Gasteiger partial charge in [-0.05, 0) is 19.3 Å². The van der Waals surface area contributed by atoms with Crippen molar-refractivity contribution in [1.29, 1.82) is 0 Å². The van der Waals surface area contributed by atoms with Crippen LogP contribution in [0, 0.1) is 12.8 Å². The molecule has 0 fully saturated rings. The molecule has 5 heteroatoms. The third-order valence-electron chi connectivity index (χ3n) is 2.68. The number of ether oxygens (including phenoxy) is 1. The number of aromatic nitrogens is 1. The van der Waals surface area contributed by atoms with E-state index in [4.69, 9.17) is 9.84 Å². The highest BCUT2D eigenvalue weighted by Crippen LogP contribution is 2.13. The van der Waals surface area contributed by atoms with Gasteiger partial charge in [-0.1, -0.05) is 13.8 Å². The maximum atomic E-state index is 11.6. The molecule has 18 heavy (non-hydrogen) atoms. The molecule has 1 aromatic heterocycles. The van der Waals surface area contributed by atoms with Crippen molar-refractivity contribution in [3.8, 4) is 5.75 Å². The molecule has 1 heterocycles. The maximum Gasteiger partial charge on any atom is 0.341 e. The van der Waals surface area contributed by atoms with Crippen LogP contribution in [0.1, 0.15) is 26.0 Å². The lowest BCUT2D eigenvalue weighted by molar-refractivity contribution is -0.139. The number of aliphatic carboxylic acids is 1. The van der Waals surface area contributed by atoms with Crippen LogP contribution < -0.4 is 10.2 Å². The zero-order valence-electron chi connectivity index (χ0n) is 11.0. The molecule has 0 radical (unpaired) electrons. The van der Waals surface area contributed by atoms with E-state index in [0.29, 0.717) is 11.6 Å². The smallest absolute Gasteiger partial charge is 0.341 e. The van der Waals surface area contributed by atoms with Gasteiger partial charge in [0.25, 0.3) is 0 Å². The van der Waals surface area contributed by atoms with Crippen molar-refractivity contribution < 1.29 is 14.6 Å². The molecule has 100 valence electrons. The number of carboxylic acids is 1. The summed E-state index contributed by atoms with van der Waals surface area (Å²) in [5.41, 5.74) is 0.388. The Hall–Kier alpha value is -1.78. The monoisotopic (exact) mass is 253 g/mol. The molecule has 0 aliphatic rings. The van der Waals surface area contributed by atoms with Gasteiger partial charge in [0.1, 0.15) is 0 Å². The number of aryl methyl sites for hydroxylation is 1. The first-order valence-electron chi connectivity index (χ1n) is 5.96. The minimum atomic E-state index is -1.09. The predicted octanol–water partition coefficient (Wildman–Crippen LogP) is 1.67.